The summed E-state index contributed by atoms with van der Waals surface area (Å²) in [5.74, 6) is 0.0633. The number of unbranched alkanes of at least 4 members (excludes halogenated alkanes) is 1. The summed E-state index contributed by atoms with van der Waals surface area (Å²) in [6.45, 7) is 6.68. The number of nitrogens with zero attached hydrogens (tertiary/aromatic N) is 1. The zero-order valence-electron chi connectivity index (χ0n) is 29.2. The van der Waals surface area contributed by atoms with Gasteiger partial charge >= 0.3 is 0 Å². The normalized spacial score (nSPS) is 26.0. The van der Waals surface area contributed by atoms with Crippen LogP contribution in [-0.2, 0) is 30.5 Å². The highest BCUT2D eigenvalue weighted by atomic mass is 16.7. The minimum Gasteiger partial charge on any atom is -0.392 e. The SMILES string of the molecule is CC(C)(C)NC(=O)[C@H]1CC[C@H]2CCCC[C@H]2N1C[C@H]1C[C@@H](c2ccc(CO)cc2)O[C@@H](c2ccc(NC(=O)CCCCC(=O)NO)cc2)O1. The van der Waals surface area contributed by atoms with E-state index in [9.17, 15) is 19.5 Å². The first-order valence-corrected chi connectivity index (χ1v) is 17.9. The van der Waals surface area contributed by atoms with Crippen molar-refractivity contribution in [2.75, 3.05) is 11.9 Å². The Hall–Kier alpha value is -3.35. The molecule has 0 bridgehead atoms. The van der Waals surface area contributed by atoms with Crippen molar-refractivity contribution in [1.29, 1.82) is 0 Å². The maximum Gasteiger partial charge on any atom is 0.243 e. The fourth-order valence-corrected chi connectivity index (χ4v) is 7.57. The molecule has 2 aromatic rings. The highest BCUT2D eigenvalue weighted by molar-refractivity contribution is 5.90. The first kappa shape index (κ1) is 36.9. The van der Waals surface area contributed by atoms with Gasteiger partial charge in [0.05, 0.1) is 24.9 Å². The highest BCUT2D eigenvalue weighted by Crippen LogP contribution is 2.42. The summed E-state index contributed by atoms with van der Waals surface area (Å²) in [6.07, 6.45) is 7.61. The lowest BCUT2D eigenvalue weighted by Gasteiger charge is -2.50. The molecule has 2 aromatic carbocycles. The van der Waals surface area contributed by atoms with Crippen LogP contribution in [0.3, 0.4) is 0 Å². The Kier molecular flexibility index (Phi) is 12.8. The number of benzene rings is 2. The number of piperidine rings is 1. The van der Waals surface area contributed by atoms with Crippen LogP contribution in [0.4, 0.5) is 5.69 Å². The lowest BCUT2D eigenvalue weighted by Crippen LogP contribution is -2.61. The van der Waals surface area contributed by atoms with E-state index in [4.69, 9.17) is 14.7 Å². The standard InChI is InChI=1S/C38H54N4O7/c1-38(2,3)40-36(46)32-21-18-26-8-4-5-9-31(26)42(32)23-30-22-33(27-14-12-25(24-43)13-15-27)49-37(48-30)28-16-19-29(20-17-28)39-34(44)10-6-7-11-35(45)41-47/h12-17,19-20,26,30-33,37,43,47H,4-11,18,21-24H2,1-3H3,(H,39,44)(H,40,46)(H,41,45)/t26-,30-,31-,32-,33+,37+/m1/s1. The molecule has 5 rings (SSSR count). The van der Waals surface area contributed by atoms with Crippen LogP contribution < -0.4 is 16.1 Å². The number of hydrogen-bond donors (Lipinski definition) is 5. The van der Waals surface area contributed by atoms with E-state index < -0.39 is 12.2 Å². The molecule has 5 N–H and O–H groups in total. The topological polar surface area (TPSA) is 149 Å². The van der Waals surface area contributed by atoms with Gasteiger partial charge < -0.3 is 25.2 Å². The number of rotatable bonds is 12. The van der Waals surface area contributed by atoms with Crippen molar-refractivity contribution in [2.45, 2.75) is 134 Å². The number of anilines is 1. The molecule has 11 heteroatoms. The molecule has 49 heavy (non-hydrogen) atoms. The Balaban J connectivity index is 1.32. The van der Waals surface area contributed by atoms with Gasteiger partial charge in [-0.2, -0.15) is 0 Å². The third-order valence-corrected chi connectivity index (χ3v) is 9.99. The summed E-state index contributed by atoms with van der Waals surface area (Å²) in [5, 5.41) is 24.4. The Morgan fingerprint density at radius 2 is 1.53 bits per heavy atom. The van der Waals surface area contributed by atoms with Crippen LogP contribution in [-0.4, -0.2) is 63.2 Å². The van der Waals surface area contributed by atoms with Gasteiger partial charge in [0.15, 0.2) is 6.29 Å². The van der Waals surface area contributed by atoms with Gasteiger partial charge in [0.1, 0.15) is 0 Å². The van der Waals surface area contributed by atoms with Gasteiger partial charge in [0, 0.05) is 48.6 Å². The molecule has 2 heterocycles. The van der Waals surface area contributed by atoms with Crippen LogP contribution in [0.25, 0.3) is 0 Å². The van der Waals surface area contributed by atoms with Crippen LogP contribution >= 0.6 is 0 Å². The van der Waals surface area contributed by atoms with E-state index in [1.807, 2.05) is 69.3 Å². The van der Waals surface area contributed by atoms with Gasteiger partial charge in [-0.1, -0.05) is 49.2 Å². The van der Waals surface area contributed by atoms with Gasteiger partial charge in [-0.25, -0.2) is 5.48 Å². The Morgan fingerprint density at radius 3 is 2.20 bits per heavy atom. The maximum atomic E-state index is 13.7. The second-order valence-electron chi connectivity index (χ2n) is 14.9. The maximum absolute atomic E-state index is 13.7. The average Bonchev–Trinajstić information content (AvgIpc) is 3.09. The highest BCUT2D eigenvalue weighted by Gasteiger charge is 2.44. The summed E-state index contributed by atoms with van der Waals surface area (Å²) in [6, 6.07) is 15.4. The fourth-order valence-electron chi connectivity index (χ4n) is 7.57. The van der Waals surface area contributed by atoms with Crippen molar-refractivity contribution in [2.24, 2.45) is 5.92 Å². The van der Waals surface area contributed by atoms with E-state index in [0.29, 0.717) is 43.5 Å². The molecular weight excluding hydrogens is 624 g/mol. The number of hydrogen-bond acceptors (Lipinski definition) is 8. The van der Waals surface area contributed by atoms with Crippen molar-refractivity contribution in [3.8, 4) is 0 Å². The third-order valence-electron chi connectivity index (χ3n) is 9.99. The number of carbonyl (C=O) groups excluding carboxylic acids is 3. The van der Waals surface area contributed by atoms with Crippen molar-refractivity contribution in [1.82, 2.24) is 15.7 Å². The van der Waals surface area contributed by atoms with Gasteiger partial charge in [-0.15, -0.1) is 0 Å². The monoisotopic (exact) mass is 678 g/mol. The second-order valence-corrected chi connectivity index (χ2v) is 14.9. The zero-order valence-corrected chi connectivity index (χ0v) is 29.2. The number of likely N-dealkylation sites (tertiary alicyclic amines) is 1. The molecule has 0 spiro atoms. The minimum absolute atomic E-state index is 0.0283. The number of nitrogens with one attached hydrogen (secondary N) is 3. The van der Waals surface area contributed by atoms with Crippen molar-refractivity contribution in [3.05, 3.63) is 65.2 Å². The first-order chi connectivity index (χ1) is 23.5. The predicted molar refractivity (Wildman–Crippen MR) is 185 cm³/mol. The van der Waals surface area contributed by atoms with Crippen LogP contribution in [0, 0.1) is 5.92 Å². The molecule has 0 radical (unpaired) electrons. The van der Waals surface area contributed by atoms with E-state index in [0.717, 1.165) is 36.0 Å². The average molecular weight is 679 g/mol. The van der Waals surface area contributed by atoms with Crippen LogP contribution in [0.2, 0.25) is 0 Å². The summed E-state index contributed by atoms with van der Waals surface area (Å²) in [5.41, 5.74) is 4.60. The zero-order chi connectivity index (χ0) is 35.0. The predicted octanol–water partition coefficient (Wildman–Crippen LogP) is 5.67. The van der Waals surface area contributed by atoms with Gasteiger partial charge in [-0.3, -0.25) is 24.5 Å². The number of fused-ring (bicyclic) bond motifs is 1. The van der Waals surface area contributed by atoms with Crippen LogP contribution in [0.5, 0.6) is 0 Å². The summed E-state index contributed by atoms with van der Waals surface area (Å²) in [4.78, 5) is 39.8. The van der Waals surface area contributed by atoms with E-state index >= 15 is 0 Å². The second kappa shape index (κ2) is 17.0. The molecule has 3 fully saturated rings. The summed E-state index contributed by atoms with van der Waals surface area (Å²) >= 11 is 0. The summed E-state index contributed by atoms with van der Waals surface area (Å²) in [7, 11) is 0. The minimum atomic E-state index is -0.655. The Bertz CT molecular complexity index is 1390. The molecule has 1 saturated carbocycles. The Labute approximate surface area is 290 Å². The van der Waals surface area contributed by atoms with E-state index in [-0.39, 0.29) is 55.1 Å². The van der Waals surface area contributed by atoms with Crippen molar-refractivity contribution >= 4 is 23.4 Å². The number of aliphatic hydroxyl groups is 1. The summed E-state index contributed by atoms with van der Waals surface area (Å²) < 4.78 is 13.3. The molecule has 1 aliphatic carbocycles. The van der Waals surface area contributed by atoms with Crippen LogP contribution in [0.15, 0.2) is 48.5 Å². The van der Waals surface area contributed by atoms with E-state index in [2.05, 4.69) is 15.5 Å². The Morgan fingerprint density at radius 1 is 0.857 bits per heavy atom. The third kappa shape index (κ3) is 10.3. The molecule has 11 nitrogen and oxygen atoms in total. The lowest BCUT2D eigenvalue weighted by atomic mass is 9.75. The molecule has 3 aliphatic rings. The molecule has 3 amide bonds. The van der Waals surface area contributed by atoms with Crippen molar-refractivity contribution in [3.63, 3.8) is 0 Å². The lowest BCUT2D eigenvalue weighted by molar-refractivity contribution is -0.255. The molecule has 268 valence electrons. The van der Waals surface area contributed by atoms with Gasteiger partial charge in [-0.05, 0) is 88.5 Å². The van der Waals surface area contributed by atoms with Crippen molar-refractivity contribution < 1.29 is 34.2 Å². The number of hydroxylamine groups is 1. The van der Waals surface area contributed by atoms with E-state index in [1.54, 1.807) is 5.48 Å². The number of ether oxygens (including phenoxy) is 2. The fraction of sp³-hybridized carbons (Fsp3) is 0.605. The number of carbonyl (C=O) groups is 3. The molecule has 6 atom stereocenters. The molecule has 2 aliphatic heterocycles. The largest absolute Gasteiger partial charge is 0.392 e. The van der Waals surface area contributed by atoms with Gasteiger partial charge in [0.2, 0.25) is 17.7 Å². The first-order valence-electron chi connectivity index (χ1n) is 17.9. The van der Waals surface area contributed by atoms with E-state index in [1.165, 1.54) is 19.3 Å². The molecule has 0 unspecified atom stereocenters. The number of aliphatic hydroxyl groups excluding tert-OH is 1. The molecule has 2 saturated heterocycles. The van der Waals surface area contributed by atoms with Gasteiger partial charge in [0.25, 0.3) is 0 Å². The molecule has 0 aromatic heterocycles. The van der Waals surface area contributed by atoms with Crippen LogP contribution in [0.1, 0.15) is 120 Å². The number of amides is 3. The quantitative estimate of drug-likeness (QED) is 0.110. The molecular formula is C38H54N4O7. The smallest absolute Gasteiger partial charge is 0.243 e.